The lowest BCUT2D eigenvalue weighted by Gasteiger charge is -2.12. The van der Waals surface area contributed by atoms with Crippen LogP contribution in [0.4, 0.5) is 0 Å². The molecule has 1 N–H and O–H groups in total. The Labute approximate surface area is 167 Å². The van der Waals surface area contributed by atoms with Gasteiger partial charge in [-0.2, -0.15) is 4.68 Å². The zero-order valence-electron chi connectivity index (χ0n) is 15.8. The standard InChI is InChI=1S/C19H21N5O3S/c1-13(18(25)20-12-14-4-8-16(26-2)9-5-14)28-19-21-22-23-24(19)15-6-10-17(27-3)11-7-15/h4-11,13H,12H2,1-3H3,(H,20,25)/t13-/m1/s1. The van der Waals surface area contributed by atoms with Crippen molar-refractivity contribution in [1.29, 1.82) is 0 Å². The van der Waals surface area contributed by atoms with Crippen molar-refractivity contribution in [3.05, 3.63) is 54.1 Å². The van der Waals surface area contributed by atoms with Crippen LogP contribution in [0.25, 0.3) is 5.69 Å². The summed E-state index contributed by atoms with van der Waals surface area (Å²) < 4.78 is 11.9. The Morgan fingerprint density at radius 1 is 1.07 bits per heavy atom. The van der Waals surface area contributed by atoms with Gasteiger partial charge in [0.05, 0.1) is 25.2 Å². The lowest BCUT2D eigenvalue weighted by atomic mass is 10.2. The Bertz CT molecular complexity index is 912. The molecule has 0 fully saturated rings. The second-order valence-corrected chi connectivity index (χ2v) is 7.21. The molecule has 1 aromatic heterocycles. The number of ether oxygens (including phenoxy) is 2. The third kappa shape index (κ3) is 4.80. The molecule has 0 bridgehead atoms. The topological polar surface area (TPSA) is 91.2 Å². The van der Waals surface area contributed by atoms with Crippen LogP contribution in [0, 0.1) is 0 Å². The number of amides is 1. The number of tetrazole rings is 1. The zero-order chi connectivity index (χ0) is 19.9. The highest BCUT2D eigenvalue weighted by Crippen LogP contribution is 2.24. The quantitative estimate of drug-likeness (QED) is 0.582. The monoisotopic (exact) mass is 399 g/mol. The molecule has 0 radical (unpaired) electrons. The number of nitrogens with zero attached hydrogens (tertiary/aromatic N) is 4. The molecule has 0 unspecified atom stereocenters. The van der Waals surface area contributed by atoms with Gasteiger partial charge in [0.25, 0.3) is 0 Å². The van der Waals surface area contributed by atoms with Gasteiger partial charge < -0.3 is 14.8 Å². The summed E-state index contributed by atoms with van der Waals surface area (Å²) in [6, 6.07) is 14.9. The van der Waals surface area contributed by atoms with Gasteiger partial charge in [0, 0.05) is 6.54 Å². The lowest BCUT2D eigenvalue weighted by Crippen LogP contribution is -2.30. The first-order valence-corrected chi connectivity index (χ1v) is 9.49. The van der Waals surface area contributed by atoms with E-state index in [9.17, 15) is 4.79 Å². The molecule has 1 amide bonds. The van der Waals surface area contributed by atoms with E-state index in [4.69, 9.17) is 9.47 Å². The van der Waals surface area contributed by atoms with Gasteiger partial charge in [0.2, 0.25) is 11.1 Å². The molecular weight excluding hydrogens is 378 g/mol. The maximum Gasteiger partial charge on any atom is 0.233 e. The predicted molar refractivity (Wildman–Crippen MR) is 106 cm³/mol. The minimum Gasteiger partial charge on any atom is -0.497 e. The van der Waals surface area contributed by atoms with Gasteiger partial charge in [0.15, 0.2) is 0 Å². The summed E-state index contributed by atoms with van der Waals surface area (Å²) in [7, 11) is 3.23. The molecule has 0 aliphatic carbocycles. The molecule has 0 aliphatic heterocycles. The van der Waals surface area contributed by atoms with E-state index in [1.807, 2.05) is 55.5 Å². The Morgan fingerprint density at radius 2 is 1.68 bits per heavy atom. The smallest absolute Gasteiger partial charge is 0.233 e. The number of benzene rings is 2. The van der Waals surface area contributed by atoms with Crippen LogP contribution >= 0.6 is 11.8 Å². The van der Waals surface area contributed by atoms with E-state index in [2.05, 4.69) is 20.8 Å². The molecule has 28 heavy (non-hydrogen) atoms. The van der Waals surface area contributed by atoms with Crippen molar-refractivity contribution in [2.45, 2.75) is 23.9 Å². The van der Waals surface area contributed by atoms with Crippen molar-refractivity contribution >= 4 is 17.7 Å². The van der Waals surface area contributed by atoms with Crippen LogP contribution in [0.2, 0.25) is 0 Å². The fraction of sp³-hybridized carbons (Fsp3) is 0.263. The fourth-order valence-electron chi connectivity index (χ4n) is 2.43. The first-order valence-electron chi connectivity index (χ1n) is 8.61. The van der Waals surface area contributed by atoms with Crippen LogP contribution in [0.15, 0.2) is 53.7 Å². The third-order valence-corrected chi connectivity index (χ3v) is 5.07. The summed E-state index contributed by atoms with van der Waals surface area (Å²) in [6.45, 7) is 2.26. The predicted octanol–water partition coefficient (Wildman–Crippen LogP) is 2.48. The molecular formula is C19H21N5O3S. The molecule has 0 spiro atoms. The number of aromatic nitrogens is 4. The minimum absolute atomic E-state index is 0.0925. The van der Waals surface area contributed by atoms with Crippen LogP contribution in [0.5, 0.6) is 11.5 Å². The maximum atomic E-state index is 12.4. The second-order valence-electron chi connectivity index (χ2n) is 5.90. The van der Waals surface area contributed by atoms with Gasteiger partial charge in [-0.15, -0.1) is 5.10 Å². The Kier molecular flexibility index (Phi) is 6.49. The molecule has 0 saturated carbocycles. The SMILES string of the molecule is COc1ccc(CNC(=O)[C@@H](C)Sc2nnnn2-c2ccc(OC)cc2)cc1. The van der Waals surface area contributed by atoms with Crippen molar-refractivity contribution in [2.75, 3.05) is 14.2 Å². The van der Waals surface area contributed by atoms with E-state index in [1.54, 1.807) is 18.9 Å². The summed E-state index contributed by atoms with van der Waals surface area (Å²) in [6.07, 6.45) is 0. The van der Waals surface area contributed by atoms with Crippen molar-refractivity contribution in [3.63, 3.8) is 0 Å². The number of rotatable bonds is 8. The molecule has 1 atom stereocenters. The van der Waals surface area contributed by atoms with Crippen molar-refractivity contribution in [1.82, 2.24) is 25.5 Å². The van der Waals surface area contributed by atoms with Gasteiger partial charge in [-0.05, 0) is 59.3 Å². The molecule has 0 saturated heterocycles. The number of carbonyl (C=O) groups excluding carboxylic acids is 1. The van der Waals surface area contributed by atoms with Crippen LogP contribution in [-0.4, -0.2) is 45.6 Å². The average molecular weight is 399 g/mol. The van der Waals surface area contributed by atoms with Gasteiger partial charge in [-0.25, -0.2) is 0 Å². The molecule has 3 aromatic rings. The fourth-order valence-corrected chi connectivity index (χ4v) is 3.26. The molecule has 0 aliphatic rings. The van der Waals surface area contributed by atoms with Crippen molar-refractivity contribution in [3.8, 4) is 17.2 Å². The molecule has 9 heteroatoms. The first-order chi connectivity index (χ1) is 13.6. The molecule has 146 valence electrons. The van der Waals surface area contributed by atoms with E-state index in [0.717, 1.165) is 22.7 Å². The van der Waals surface area contributed by atoms with Gasteiger partial charge in [-0.3, -0.25) is 4.79 Å². The zero-order valence-corrected chi connectivity index (χ0v) is 16.6. The highest BCUT2D eigenvalue weighted by atomic mass is 32.2. The molecule has 3 rings (SSSR count). The van der Waals surface area contributed by atoms with E-state index in [0.29, 0.717) is 11.7 Å². The van der Waals surface area contributed by atoms with Crippen molar-refractivity contribution < 1.29 is 14.3 Å². The maximum absolute atomic E-state index is 12.4. The highest BCUT2D eigenvalue weighted by molar-refractivity contribution is 8.00. The highest BCUT2D eigenvalue weighted by Gasteiger charge is 2.19. The molecule has 8 nitrogen and oxygen atoms in total. The van der Waals surface area contributed by atoms with E-state index in [-0.39, 0.29) is 11.2 Å². The van der Waals surface area contributed by atoms with Gasteiger partial charge in [0.1, 0.15) is 11.5 Å². The summed E-state index contributed by atoms with van der Waals surface area (Å²) in [5, 5.41) is 14.9. The number of methoxy groups -OCH3 is 2. The number of thioether (sulfide) groups is 1. The van der Waals surface area contributed by atoms with E-state index >= 15 is 0 Å². The molecule has 1 heterocycles. The van der Waals surface area contributed by atoms with E-state index in [1.165, 1.54) is 11.8 Å². The second kappa shape index (κ2) is 9.23. The van der Waals surface area contributed by atoms with Gasteiger partial charge >= 0.3 is 0 Å². The average Bonchev–Trinajstić information content (AvgIpc) is 3.20. The number of hydrogen-bond donors (Lipinski definition) is 1. The summed E-state index contributed by atoms with van der Waals surface area (Å²) in [5.74, 6) is 1.44. The number of carbonyl (C=O) groups is 1. The van der Waals surface area contributed by atoms with Crippen LogP contribution in [0.1, 0.15) is 12.5 Å². The largest absolute Gasteiger partial charge is 0.497 e. The van der Waals surface area contributed by atoms with Crippen LogP contribution in [0.3, 0.4) is 0 Å². The summed E-state index contributed by atoms with van der Waals surface area (Å²) in [4.78, 5) is 12.4. The van der Waals surface area contributed by atoms with Crippen molar-refractivity contribution in [2.24, 2.45) is 0 Å². The lowest BCUT2D eigenvalue weighted by molar-refractivity contribution is -0.120. The minimum atomic E-state index is -0.360. The Morgan fingerprint density at radius 3 is 2.29 bits per heavy atom. The van der Waals surface area contributed by atoms with Gasteiger partial charge in [-0.1, -0.05) is 23.9 Å². The summed E-state index contributed by atoms with van der Waals surface area (Å²) in [5.41, 5.74) is 1.79. The van der Waals surface area contributed by atoms with Crippen LogP contribution < -0.4 is 14.8 Å². The van der Waals surface area contributed by atoms with E-state index < -0.39 is 0 Å². The normalized spacial score (nSPS) is 11.7. The third-order valence-electron chi connectivity index (χ3n) is 4.04. The Balaban J connectivity index is 1.60. The Hall–Kier alpha value is -3.07. The number of hydrogen-bond acceptors (Lipinski definition) is 7. The first kappa shape index (κ1) is 19.7. The van der Waals surface area contributed by atoms with Crippen LogP contribution in [-0.2, 0) is 11.3 Å². The summed E-state index contributed by atoms with van der Waals surface area (Å²) >= 11 is 1.29. The number of nitrogens with one attached hydrogen (secondary N) is 1. The molecule has 2 aromatic carbocycles.